The molecule has 2 aromatic heterocycles. The van der Waals surface area contributed by atoms with E-state index < -0.39 is 15.9 Å². The highest BCUT2D eigenvalue weighted by molar-refractivity contribution is 7.89. The molecule has 1 saturated heterocycles. The SMILES string of the molecule is COc1ccc(S(=O)(=O)N2CCCC(C(=O)Nc3ccc(-c4cn5cccnc5n4)cc3)C2)cc1. The number of piperidine rings is 1. The van der Waals surface area contributed by atoms with E-state index in [9.17, 15) is 13.2 Å². The van der Waals surface area contributed by atoms with E-state index in [4.69, 9.17) is 4.74 Å². The van der Waals surface area contributed by atoms with Crippen molar-refractivity contribution in [1.82, 2.24) is 18.7 Å². The Morgan fingerprint density at radius 3 is 2.60 bits per heavy atom. The van der Waals surface area contributed by atoms with Crippen molar-refractivity contribution in [2.24, 2.45) is 5.92 Å². The van der Waals surface area contributed by atoms with Gasteiger partial charge in [-0.3, -0.25) is 9.20 Å². The van der Waals surface area contributed by atoms with Gasteiger partial charge in [-0.25, -0.2) is 18.4 Å². The van der Waals surface area contributed by atoms with Gasteiger partial charge in [0, 0.05) is 42.9 Å². The highest BCUT2D eigenvalue weighted by Crippen LogP contribution is 2.27. The maximum Gasteiger partial charge on any atom is 0.243 e. The molecule has 0 spiro atoms. The number of carbonyl (C=O) groups is 1. The molecule has 1 amide bonds. The van der Waals surface area contributed by atoms with Crippen LogP contribution in [0.2, 0.25) is 0 Å². The first kappa shape index (κ1) is 23.0. The molecule has 2 aromatic carbocycles. The molecular formula is C25H25N5O4S. The number of hydrogen-bond acceptors (Lipinski definition) is 6. The van der Waals surface area contributed by atoms with Gasteiger partial charge in [0.2, 0.25) is 21.7 Å². The quantitative estimate of drug-likeness (QED) is 0.443. The number of hydrogen-bond donors (Lipinski definition) is 1. The van der Waals surface area contributed by atoms with Gasteiger partial charge in [0.25, 0.3) is 0 Å². The summed E-state index contributed by atoms with van der Waals surface area (Å²) in [5, 5.41) is 2.93. The van der Waals surface area contributed by atoms with E-state index in [-0.39, 0.29) is 17.3 Å². The molecule has 180 valence electrons. The maximum atomic E-state index is 13.1. The van der Waals surface area contributed by atoms with E-state index in [0.717, 1.165) is 11.3 Å². The van der Waals surface area contributed by atoms with E-state index in [2.05, 4.69) is 15.3 Å². The summed E-state index contributed by atoms with van der Waals surface area (Å²) in [6.45, 7) is 0.535. The van der Waals surface area contributed by atoms with Gasteiger partial charge < -0.3 is 10.1 Å². The molecular weight excluding hydrogens is 466 g/mol. The number of amides is 1. The summed E-state index contributed by atoms with van der Waals surface area (Å²) >= 11 is 0. The lowest BCUT2D eigenvalue weighted by Crippen LogP contribution is -2.43. The molecule has 1 fully saturated rings. The second kappa shape index (κ2) is 9.47. The number of anilines is 1. The van der Waals surface area contributed by atoms with Crippen LogP contribution in [0.1, 0.15) is 12.8 Å². The maximum absolute atomic E-state index is 13.1. The lowest BCUT2D eigenvalue weighted by molar-refractivity contribution is -0.120. The summed E-state index contributed by atoms with van der Waals surface area (Å²) in [5.41, 5.74) is 2.34. The van der Waals surface area contributed by atoms with Crippen LogP contribution in [0.3, 0.4) is 0 Å². The fraction of sp³-hybridized carbons (Fsp3) is 0.240. The molecule has 10 heteroatoms. The molecule has 9 nitrogen and oxygen atoms in total. The number of ether oxygens (including phenoxy) is 1. The predicted molar refractivity (Wildman–Crippen MR) is 132 cm³/mol. The fourth-order valence-corrected chi connectivity index (χ4v) is 5.73. The Morgan fingerprint density at radius 2 is 1.89 bits per heavy atom. The number of fused-ring (bicyclic) bond motifs is 1. The Kier molecular flexibility index (Phi) is 6.23. The molecule has 35 heavy (non-hydrogen) atoms. The zero-order valence-corrected chi connectivity index (χ0v) is 20.0. The van der Waals surface area contributed by atoms with Gasteiger partial charge in [0.05, 0.1) is 23.6 Å². The number of nitrogens with zero attached hydrogens (tertiary/aromatic N) is 4. The first-order valence-electron chi connectivity index (χ1n) is 11.3. The number of imidazole rings is 1. The van der Waals surface area contributed by atoms with Crippen LogP contribution < -0.4 is 10.1 Å². The van der Waals surface area contributed by atoms with Gasteiger partial charge in [-0.1, -0.05) is 12.1 Å². The van der Waals surface area contributed by atoms with Gasteiger partial charge in [-0.05, 0) is 55.3 Å². The lowest BCUT2D eigenvalue weighted by atomic mass is 9.98. The molecule has 0 saturated carbocycles. The second-order valence-corrected chi connectivity index (χ2v) is 10.3. The van der Waals surface area contributed by atoms with Crippen molar-refractivity contribution in [3.8, 4) is 17.0 Å². The first-order chi connectivity index (χ1) is 16.9. The lowest BCUT2D eigenvalue weighted by Gasteiger charge is -2.31. The summed E-state index contributed by atoms with van der Waals surface area (Å²) in [6.07, 6.45) is 6.73. The molecule has 1 N–H and O–H groups in total. The Labute approximate surface area is 203 Å². The highest BCUT2D eigenvalue weighted by atomic mass is 32.2. The van der Waals surface area contributed by atoms with E-state index >= 15 is 0 Å². The molecule has 0 radical (unpaired) electrons. The third-order valence-electron chi connectivity index (χ3n) is 6.14. The second-order valence-electron chi connectivity index (χ2n) is 8.40. The smallest absolute Gasteiger partial charge is 0.243 e. The summed E-state index contributed by atoms with van der Waals surface area (Å²) in [5.74, 6) is 0.584. The van der Waals surface area contributed by atoms with E-state index in [1.54, 1.807) is 18.3 Å². The van der Waals surface area contributed by atoms with Gasteiger partial charge in [-0.2, -0.15) is 4.31 Å². The Hall–Kier alpha value is -3.76. The third kappa shape index (κ3) is 4.75. The summed E-state index contributed by atoms with van der Waals surface area (Å²) < 4.78 is 34.5. The molecule has 3 heterocycles. The van der Waals surface area contributed by atoms with Crippen molar-refractivity contribution in [2.45, 2.75) is 17.7 Å². The normalized spacial score (nSPS) is 16.8. The molecule has 5 rings (SSSR count). The van der Waals surface area contributed by atoms with E-state index in [0.29, 0.717) is 36.6 Å². The van der Waals surface area contributed by atoms with Crippen molar-refractivity contribution >= 4 is 27.4 Å². The summed E-state index contributed by atoms with van der Waals surface area (Å²) in [6, 6.07) is 15.5. The first-order valence-corrected chi connectivity index (χ1v) is 12.7. The predicted octanol–water partition coefficient (Wildman–Crippen LogP) is 3.44. The number of nitrogens with one attached hydrogen (secondary N) is 1. The average molecular weight is 492 g/mol. The number of methoxy groups -OCH3 is 1. The van der Waals surface area contributed by atoms with Crippen LogP contribution in [-0.2, 0) is 14.8 Å². The fourth-order valence-electron chi connectivity index (χ4n) is 4.21. The molecule has 4 aromatic rings. The minimum Gasteiger partial charge on any atom is -0.497 e. The van der Waals surface area contributed by atoms with Crippen molar-refractivity contribution in [1.29, 1.82) is 0 Å². The minimum absolute atomic E-state index is 0.145. The number of carbonyl (C=O) groups excluding carboxylic acids is 1. The molecule has 1 aliphatic heterocycles. The van der Waals surface area contributed by atoms with Crippen molar-refractivity contribution in [2.75, 3.05) is 25.5 Å². The highest BCUT2D eigenvalue weighted by Gasteiger charge is 2.33. The van der Waals surface area contributed by atoms with E-state index in [1.165, 1.54) is 23.5 Å². The zero-order chi connectivity index (χ0) is 24.4. The van der Waals surface area contributed by atoms with Crippen molar-refractivity contribution in [3.05, 3.63) is 73.2 Å². The third-order valence-corrected chi connectivity index (χ3v) is 8.02. The van der Waals surface area contributed by atoms with Gasteiger partial charge in [-0.15, -0.1) is 0 Å². The average Bonchev–Trinajstić information content (AvgIpc) is 3.33. The van der Waals surface area contributed by atoms with Crippen LogP contribution in [0.15, 0.2) is 78.1 Å². The molecule has 1 aliphatic rings. The number of sulfonamides is 1. The largest absolute Gasteiger partial charge is 0.497 e. The van der Waals surface area contributed by atoms with Gasteiger partial charge in [0.1, 0.15) is 5.75 Å². The summed E-state index contributed by atoms with van der Waals surface area (Å²) in [7, 11) is -2.16. The Bertz CT molecular complexity index is 1420. The molecule has 1 atom stereocenters. The molecule has 0 aliphatic carbocycles. The Balaban J connectivity index is 1.25. The van der Waals surface area contributed by atoms with Crippen molar-refractivity contribution < 1.29 is 17.9 Å². The topological polar surface area (TPSA) is 106 Å². The van der Waals surface area contributed by atoms with Crippen LogP contribution in [0.4, 0.5) is 5.69 Å². The van der Waals surface area contributed by atoms with Crippen LogP contribution in [0, 0.1) is 5.92 Å². The number of rotatable bonds is 6. The number of aromatic nitrogens is 3. The van der Waals surface area contributed by atoms with E-state index in [1.807, 2.05) is 47.1 Å². The summed E-state index contributed by atoms with van der Waals surface area (Å²) in [4.78, 5) is 21.9. The molecule has 1 unspecified atom stereocenters. The minimum atomic E-state index is -3.69. The van der Waals surface area contributed by atoms with Crippen LogP contribution in [0.25, 0.3) is 17.0 Å². The number of benzene rings is 2. The van der Waals surface area contributed by atoms with Crippen LogP contribution in [-0.4, -0.2) is 53.2 Å². The van der Waals surface area contributed by atoms with Crippen LogP contribution in [0.5, 0.6) is 5.75 Å². The monoisotopic (exact) mass is 491 g/mol. The van der Waals surface area contributed by atoms with Gasteiger partial charge in [0.15, 0.2) is 0 Å². The molecule has 0 bridgehead atoms. The standard InChI is InChI=1S/C25H25N5O4S/c1-34-21-9-11-22(12-10-21)35(32,33)30-15-2-4-19(16-30)24(31)27-20-7-5-18(6-8-20)23-17-29-14-3-13-26-25(29)28-23/h3,5-14,17,19H,2,4,15-16H2,1H3,(H,27,31). The van der Waals surface area contributed by atoms with Crippen LogP contribution >= 0.6 is 0 Å². The van der Waals surface area contributed by atoms with Crippen molar-refractivity contribution in [3.63, 3.8) is 0 Å². The van der Waals surface area contributed by atoms with Gasteiger partial charge >= 0.3 is 0 Å². The Morgan fingerprint density at radius 1 is 1.11 bits per heavy atom. The zero-order valence-electron chi connectivity index (χ0n) is 19.2.